The van der Waals surface area contributed by atoms with Crippen LogP contribution in [0.25, 0.3) is 0 Å². The second-order valence-corrected chi connectivity index (χ2v) is 5.65. The minimum atomic E-state index is -0.794. The van der Waals surface area contributed by atoms with Gasteiger partial charge in [-0.25, -0.2) is 0 Å². The highest BCUT2D eigenvalue weighted by Gasteiger charge is 2.37. The predicted molar refractivity (Wildman–Crippen MR) is 88.0 cm³/mol. The molecule has 0 aromatic heterocycles. The van der Waals surface area contributed by atoms with Crippen LogP contribution >= 0.6 is 0 Å². The number of amides is 1. The average Bonchev–Trinajstić information content (AvgIpc) is 2.50. The van der Waals surface area contributed by atoms with Crippen molar-refractivity contribution in [2.45, 2.75) is 45.2 Å². The van der Waals surface area contributed by atoms with Crippen molar-refractivity contribution < 1.29 is 4.79 Å². The molecule has 4 nitrogen and oxygen atoms in total. The molecule has 2 atom stereocenters. The van der Waals surface area contributed by atoms with Gasteiger partial charge < -0.3 is 10.6 Å². The average molecular weight is 291 g/mol. The third-order valence-electron chi connectivity index (χ3n) is 4.35. The molecule has 4 heteroatoms. The molecule has 0 heterocycles. The summed E-state index contributed by atoms with van der Waals surface area (Å²) in [4.78, 5) is 14.5. The van der Waals surface area contributed by atoms with E-state index in [4.69, 9.17) is 5.73 Å². The van der Waals surface area contributed by atoms with Crippen LogP contribution in [0.5, 0.6) is 0 Å². The van der Waals surface area contributed by atoms with Crippen molar-refractivity contribution in [2.75, 3.05) is 20.1 Å². The van der Waals surface area contributed by atoms with Gasteiger partial charge >= 0.3 is 0 Å². The molecule has 118 valence electrons. The molecule has 21 heavy (non-hydrogen) atoms. The Morgan fingerprint density at radius 2 is 1.95 bits per heavy atom. The van der Waals surface area contributed by atoms with Gasteiger partial charge in [-0.05, 0) is 38.9 Å². The van der Waals surface area contributed by atoms with E-state index in [1.54, 1.807) is 0 Å². The summed E-state index contributed by atoms with van der Waals surface area (Å²) in [5.41, 5.74) is 5.91. The molecule has 0 radical (unpaired) electrons. The van der Waals surface area contributed by atoms with Crippen LogP contribution in [0.1, 0.15) is 39.2 Å². The van der Waals surface area contributed by atoms with Crippen molar-refractivity contribution in [2.24, 2.45) is 5.73 Å². The summed E-state index contributed by atoms with van der Waals surface area (Å²) >= 11 is 0. The minimum absolute atomic E-state index is 0.312. The van der Waals surface area contributed by atoms with E-state index in [0.717, 1.165) is 18.5 Å². The number of carbonyl (C=O) groups is 1. The molecule has 0 aliphatic carbocycles. The number of nitrogens with one attached hydrogen (secondary N) is 1. The van der Waals surface area contributed by atoms with Crippen LogP contribution in [0.3, 0.4) is 0 Å². The topological polar surface area (TPSA) is 58.4 Å². The third-order valence-corrected chi connectivity index (χ3v) is 4.35. The first-order chi connectivity index (χ1) is 9.97. The molecular weight excluding hydrogens is 262 g/mol. The van der Waals surface area contributed by atoms with Gasteiger partial charge in [-0.15, -0.1) is 0 Å². The van der Waals surface area contributed by atoms with Crippen LogP contribution in [0.4, 0.5) is 0 Å². The summed E-state index contributed by atoms with van der Waals surface area (Å²) in [5.74, 6) is -0.312. The van der Waals surface area contributed by atoms with E-state index in [2.05, 4.69) is 31.1 Å². The molecule has 0 spiro atoms. The number of benzene rings is 1. The lowest BCUT2D eigenvalue weighted by Crippen LogP contribution is -2.54. The van der Waals surface area contributed by atoms with Crippen molar-refractivity contribution in [1.82, 2.24) is 10.2 Å². The fourth-order valence-corrected chi connectivity index (χ4v) is 2.59. The maximum absolute atomic E-state index is 12.2. The summed E-state index contributed by atoms with van der Waals surface area (Å²) < 4.78 is 0. The second-order valence-electron chi connectivity index (χ2n) is 5.65. The van der Waals surface area contributed by atoms with Gasteiger partial charge in [0.15, 0.2) is 0 Å². The van der Waals surface area contributed by atoms with E-state index in [1.807, 2.05) is 37.3 Å². The standard InChI is InChI=1S/C17H29N3O/c1-5-14(3)20(4)13-12-17(16(18)21,19-6-2)15-10-8-7-9-11-15/h7-11,14,19H,5-6,12-13H2,1-4H3,(H2,18,21). The zero-order valence-corrected chi connectivity index (χ0v) is 13.7. The molecule has 0 saturated heterocycles. The smallest absolute Gasteiger partial charge is 0.242 e. The number of likely N-dealkylation sites (N-methyl/N-ethyl adjacent to an activating group) is 1. The number of carbonyl (C=O) groups excluding carboxylic acids is 1. The first-order valence-electron chi connectivity index (χ1n) is 7.78. The number of hydrogen-bond acceptors (Lipinski definition) is 3. The van der Waals surface area contributed by atoms with Crippen LogP contribution in [0, 0.1) is 0 Å². The quantitative estimate of drug-likeness (QED) is 0.732. The Morgan fingerprint density at radius 1 is 1.33 bits per heavy atom. The number of hydrogen-bond donors (Lipinski definition) is 2. The Balaban J connectivity index is 3.00. The minimum Gasteiger partial charge on any atom is -0.368 e. The van der Waals surface area contributed by atoms with Crippen molar-refractivity contribution in [1.29, 1.82) is 0 Å². The second kappa shape index (κ2) is 8.15. The molecule has 0 bridgehead atoms. The van der Waals surface area contributed by atoms with Crippen molar-refractivity contribution >= 4 is 5.91 Å². The molecule has 1 amide bonds. The lowest BCUT2D eigenvalue weighted by molar-refractivity contribution is -0.125. The maximum atomic E-state index is 12.2. The van der Waals surface area contributed by atoms with Gasteiger partial charge in [0.05, 0.1) is 0 Å². The summed E-state index contributed by atoms with van der Waals surface area (Å²) in [6.45, 7) is 7.88. The summed E-state index contributed by atoms with van der Waals surface area (Å²) in [5, 5.41) is 3.32. The number of nitrogens with two attached hydrogens (primary N) is 1. The summed E-state index contributed by atoms with van der Waals surface area (Å²) in [7, 11) is 2.09. The summed E-state index contributed by atoms with van der Waals surface area (Å²) in [6.07, 6.45) is 1.76. The Bertz CT molecular complexity index is 435. The van der Waals surface area contributed by atoms with Gasteiger partial charge in [-0.2, -0.15) is 0 Å². The Morgan fingerprint density at radius 3 is 2.43 bits per heavy atom. The molecule has 0 saturated carbocycles. The molecule has 0 aliphatic heterocycles. The van der Waals surface area contributed by atoms with E-state index in [-0.39, 0.29) is 5.91 Å². The molecule has 0 aliphatic rings. The van der Waals surface area contributed by atoms with E-state index in [1.165, 1.54) is 0 Å². The number of nitrogens with zero attached hydrogens (tertiary/aromatic N) is 1. The molecule has 1 aromatic carbocycles. The van der Waals surface area contributed by atoms with Crippen LogP contribution < -0.4 is 11.1 Å². The Hall–Kier alpha value is -1.39. The van der Waals surface area contributed by atoms with Crippen molar-refractivity contribution in [3.05, 3.63) is 35.9 Å². The fraction of sp³-hybridized carbons (Fsp3) is 0.588. The monoisotopic (exact) mass is 291 g/mol. The summed E-state index contributed by atoms with van der Waals surface area (Å²) in [6, 6.07) is 10.3. The molecule has 3 N–H and O–H groups in total. The fourth-order valence-electron chi connectivity index (χ4n) is 2.59. The van der Waals surface area contributed by atoms with E-state index in [9.17, 15) is 4.79 Å². The lowest BCUT2D eigenvalue weighted by atomic mass is 9.85. The molecule has 2 unspecified atom stereocenters. The first-order valence-corrected chi connectivity index (χ1v) is 7.78. The number of rotatable bonds is 9. The molecular formula is C17H29N3O. The van der Waals surface area contributed by atoms with Gasteiger partial charge in [0.1, 0.15) is 5.54 Å². The van der Waals surface area contributed by atoms with Gasteiger partial charge in [-0.1, -0.05) is 44.2 Å². The highest BCUT2D eigenvalue weighted by atomic mass is 16.1. The lowest BCUT2D eigenvalue weighted by Gasteiger charge is -2.35. The molecule has 1 rings (SSSR count). The van der Waals surface area contributed by atoms with Gasteiger partial charge in [0.25, 0.3) is 0 Å². The SMILES string of the molecule is CCNC(CCN(C)C(C)CC)(C(N)=O)c1ccccc1. The Labute approximate surface area is 128 Å². The van der Waals surface area contributed by atoms with Crippen molar-refractivity contribution in [3.8, 4) is 0 Å². The Kier molecular flexibility index (Phi) is 6.85. The highest BCUT2D eigenvalue weighted by molar-refractivity contribution is 5.86. The van der Waals surface area contributed by atoms with Crippen LogP contribution in [-0.4, -0.2) is 37.0 Å². The van der Waals surface area contributed by atoms with Crippen LogP contribution in [0.15, 0.2) is 30.3 Å². The van der Waals surface area contributed by atoms with E-state index >= 15 is 0 Å². The van der Waals surface area contributed by atoms with Gasteiger partial charge in [-0.3, -0.25) is 10.1 Å². The maximum Gasteiger partial charge on any atom is 0.242 e. The molecule has 1 aromatic rings. The zero-order chi connectivity index (χ0) is 15.9. The van der Waals surface area contributed by atoms with Crippen molar-refractivity contribution in [3.63, 3.8) is 0 Å². The number of primary amides is 1. The van der Waals surface area contributed by atoms with E-state index in [0.29, 0.717) is 19.0 Å². The first kappa shape index (κ1) is 17.7. The van der Waals surface area contributed by atoms with E-state index < -0.39 is 5.54 Å². The van der Waals surface area contributed by atoms with Crippen LogP contribution in [-0.2, 0) is 10.3 Å². The van der Waals surface area contributed by atoms with Crippen LogP contribution in [0.2, 0.25) is 0 Å². The normalized spacial score (nSPS) is 15.7. The largest absolute Gasteiger partial charge is 0.368 e. The third kappa shape index (κ3) is 4.29. The zero-order valence-electron chi connectivity index (χ0n) is 13.7. The van der Waals surface area contributed by atoms with Gasteiger partial charge in [0, 0.05) is 12.6 Å². The van der Waals surface area contributed by atoms with Gasteiger partial charge in [0.2, 0.25) is 5.91 Å². The predicted octanol–water partition coefficient (Wildman–Crippen LogP) is 2.10. The molecule has 0 fully saturated rings. The highest BCUT2D eigenvalue weighted by Crippen LogP contribution is 2.25.